The third-order valence-electron chi connectivity index (χ3n) is 2.32. The Labute approximate surface area is 111 Å². The molecule has 0 spiro atoms. The zero-order valence-corrected chi connectivity index (χ0v) is 11.4. The molecular weight excluding hydrogens is 248 g/mol. The van der Waals surface area contributed by atoms with E-state index >= 15 is 0 Å². The Morgan fingerprint density at radius 3 is 2.37 bits per heavy atom. The zero-order valence-electron chi connectivity index (χ0n) is 11.4. The van der Waals surface area contributed by atoms with E-state index in [4.69, 9.17) is 15.6 Å². The molecule has 0 aliphatic carbocycles. The molecule has 19 heavy (non-hydrogen) atoms. The summed E-state index contributed by atoms with van der Waals surface area (Å²) in [5.41, 5.74) is 6.17. The number of amides is 1. The van der Waals surface area contributed by atoms with Gasteiger partial charge >= 0.3 is 12.1 Å². The summed E-state index contributed by atoms with van der Waals surface area (Å²) in [4.78, 5) is 22.6. The van der Waals surface area contributed by atoms with Crippen LogP contribution in [0.2, 0.25) is 0 Å². The summed E-state index contributed by atoms with van der Waals surface area (Å²) in [6.45, 7) is 6.81. The number of nitrogens with one attached hydrogen (secondary N) is 1. The summed E-state index contributed by atoms with van der Waals surface area (Å²) in [5.74, 6) is -1.10. The third kappa shape index (κ3) is 4.17. The second-order valence-electron chi connectivity index (χ2n) is 5.17. The molecule has 1 rings (SSSR count). The van der Waals surface area contributed by atoms with Crippen molar-refractivity contribution in [3.05, 3.63) is 23.3 Å². The number of benzene rings is 1. The number of nitrogen functional groups attached to an aromatic ring is 1. The normalized spacial score (nSPS) is 10.9. The second-order valence-corrected chi connectivity index (χ2v) is 5.17. The van der Waals surface area contributed by atoms with E-state index in [0.29, 0.717) is 11.3 Å². The summed E-state index contributed by atoms with van der Waals surface area (Å²) in [7, 11) is 0. The maximum atomic E-state index is 11.6. The highest BCUT2D eigenvalue weighted by atomic mass is 16.6. The van der Waals surface area contributed by atoms with Gasteiger partial charge < -0.3 is 15.6 Å². The molecule has 0 saturated carbocycles. The van der Waals surface area contributed by atoms with Crippen LogP contribution in [0.1, 0.15) is 36.7 Å². The van der Waals surface area contributed by atoms with E-state index in [0.717, 1.165) is 0 Å². The Balaban J connectivity index is 2.97. The van der Waals surface area contributed by atoms with Crippen LogP contribution < -0.4 is 11.1 Å². The highest BCUT2D eigenvalue weighted by Gasteiger charge is 2.18. The fraction of sp³-hybridized carbons (Fsp3) is 0.385. The molecule has 0 atom stereocenters. The smallest absolute Gasteiger partial charge is 0.412 e. The fourth-order valence-corrected chi connectivity index (χ4v) is 1.45. The first-order valence-electron chi connectivity index (χ1n) is 5.73. The lowest BCUT2D eigenvalue weighted by molar-refractivity contribution is 0.0632. The predicted octanol–water partition coefficient (Wildman–Crippen LogP) is 2.62. The second kappa shape index (κ2) is 5.17. The average molecular weight is 266 g/mol. The molecule has 0 fully saturated rings. The van der Waals surface area contributed by atoms with Crippen molar-refractivity contribution in [1.29, 1.82) is 0 Å². The minimum absolute atomic E-state index is 0.0473. The number of carbonyl (C=O) groups is 2. The van der Waals surface area contributed by atoms with Crippen molar-refractivity contribution in [1.82, 2.24) is 0 Å². The molecule has 0 unspecified atom stereocenters. The van der Waals surface area contributed by atoms with E-state index in [1.165, 1.54) is 12.1 Å². The van der Waals surface area contributed by atoms with Crippen molar-refractivity contribution in [2.45, 2.75) is 33.3 Å². The van der Waals surface area contributed by atoms with Crippen molar-refractivity contribution in [3.63, 3.8) is 0 Å². The standard InChI is InChI=1S/C13H18N2O4/c1-7-9(11(16)17)5-8(6-10(7)14)15-12(18)19-13(2,3)4/h5-6H,14H2,1-4H3,(H,15,18)(H,16,17). The van der Waals surface area contributed by atoms with Gasteiger partial charge in [-0.05, 0) is 45.4 Å². The maximum Gasteiger partial charge on any atom is 0.412 e. The number of hydrogen-bond donors (Lipinski definition) is 3. The van der Waals surface area contributed by atoms with Crippen LogP contribution in [0.25, 0.3) is 0 Å². The number of carbonyl (C=O) groups excluding carboxylic acids is 1. The lowest BCUT2D eigenvalue weighted by atomic mass is 10.1. The fourth-order valence-electron chi connectivity index (χ4n) is 1.45. The van der Waals surface area contributed by atoms with Crippen LogP contribution in [-0.2, 0) is 4.74 Å². The van der Waals surface area contributed by atoms with Crippen LogP contribution in [0.5, 0.6) is 0 Å². The minimum atomic E-state index is -1.10. The van der Waals surface area contributed by atoms with Crippen LogP contribution >= 0.6 is 0 Å². The summed E-state index contributed by atoms with van der Waals surface area (Å²) in [5, 5.41) is 11.5. The van der Waals surface area contributed by atoms with E-state index < -0.39 is 17.7 Å². The van der Waals surface area contributed by atoms with Crippen molar-refractivity contribution < 1.29 is 19.4 Å². The monoisotopic (exact) mass is 266 g/mol. The van der Waals surface area contributed by atoms with Gasteiger partial charge in [-0.25, -0.2) is 9.59 Å². The molecule has 1 aromatic rings. The lowest BCUT2D eigenvalue weighted by Gasteiger charge is -2.20. The van der Waals surface area contributed by atoms with Crippen molar-refractivity contribution >= 4 is 23.4 Å². The topological polar surface area (TPSA) is 102 Å². The van der Waals surface area contributed by atoms with E-state index in [-0.39, 0.29) is 11.3 Å². The SMILES string of the molecule is Cc1c(N)cc(NC(=O)OC(C)(C)C)cc1C(=O)O. The highest BCUT2D eigenvalue weighted by molar-refractivity contribution is 5.95. The number of nitrogens with two attached hydrogens (primary N) is 1. The van der Waals surface area contributed by atoms with Crippen LogP contribution in [0.15, 0.2) is 12.1 Å². The van der Waals surface area contributed by atoms with Crippen LogP contribution in [-0.4, -0.2) is 22.8 Å². The molecule has 0 radical (unpaired) electrons. The lowest BCUT2D eigenvalue weighted by Crippen LogP contribution is -2.27. The molecular formula is C13H18N2O4. The van der Waals surface area contributed by atoms with Gasteiger partial charge in [0.15, 0.2) is 0 Å². The number of carboxylic acids is 1. The number of aromatic carboxylic acids is 1. The molecule has 0 heterocycles. The van der Waals surface area contributed by atoms with Gasteiger partial charge in [0.1, 0.15) is 5.60 Å². The predicted molar refractivity (Wildman–Crippen MR) is 72.4 cm³/mol. The van der Waals surface area contributed by atoms with Gasteiger partial charge in [-0.1, -0.05) is 0 Å². The molecule has 0 saturated heterocycles. The Hall–Kier alpha value is -2.24. The molecule has 6 nitrogen and oxygen atoms in total. The average Bonchev–Trinajstić information content (AvgIpc) is 2.19. The van der Waals surface area contributed by atoms with E-state index in [1.54, 1.807) is 27.7 Å². The highest BCUT2D eigenvalue weighted by Crippen LogP contribution is 2.23. The van der Waals surface area contributed by atoms with Crippen molar-refractivity contribution in [2.75, 3.05) is 11.1 Å². The first-order chi connectivity index (χ1) is 8.60. The molecule has 0 bridgehead atoms. The van der Waals surface area contributed by atoms with E-state index in [1.807, 2.05) is 0 Å². The van der Waals surface area contributed by atoms with Crippen LogP contribution in [0, 0.1) is 6.92 Å². The van der Waals surface area contributed by atoms with Crippen molar-refractivity contribution in [2.24, 2.45) is 0 Å². The summed E-state index contributed by atoms with van der Waals surface area (Å²) in [6.07, 6.45) is -0.660. The van der Waals surface area contributed by atoms with Crippen molar-refractivity contribution in [3.8, 4) is 0 Å². The van der Waals surface area contributed by atoms with Gasteiger partial charge in [0, 0.05) is 11.4 Å². The summed E-state index contributed by atoms with van der Waals surface area (Å²) < 4.78 is 5.07. The molecule has 0 aromatic heterocycles. The molecule has 1 amide bonds. The molecule has 4 N–H and O–H groups in total. The molecule has 1 aromatic carbocycles. The third-order valence-corrected chi connectivity index (χ3v) is 2.32. The Morgan fingerprint density at radius 1 is 1.32 bits per heavy atom. The van der Waals surface area contributed by atoms with Crippen LogP contribution in [0.3, 0.4) is 0 Å². The van der Waals surface area contributed by atoms with Gasteiger partial charge in [0.2, 0.25) is 0 Å². The van der Waals surface area contributed by atoms with E-state index in [2.05, 4.69) is 5.32 Å². The Bertz CT molecular complexity index is 518. The largest absolute Gasteiger partial charge is 0.478 e. The van der Waals surface area contributed by atoms with Gasteiger partial charge in [-0.2, -0.15) is 0 Å². The minimum Gasteiger partial charge on any atom is -0.478 e. The van der Waals surface area contributed by atoms with Crippen LogP contribution in [0.4, 0.5) is 16.2 Å². The maximum absolute atomic E-state index is 11.6. The number of hydrogen-bond acceptors (Lipinski definition) is 4. The summed E-state index contributed by atoms with van der Waals surface area (Å²) >= 11 is 0. The molecule has 0 aliphatic heterocycles. The number of anilines is 2. The molecule has 104 valence electrons. The molecule has 6 heteroatoms. The first-order valence-corrected chi connectivity index (χ1v) is 5.73. The molecule has 0 aliphatic rings. The zero-order chi connectivity index (χ0) is 14.8. The Kier molecular flexibility index (Phi) is 4.04. The number of carboxylic acid groups (broad SMARTS) is 1. The number of rotatable bonds is 2. The van der Waals surface area contributed by atoms with E-state index in [9.17, 15) is 9.59 Å². The number of ether oxygens (including phenoxy) is 1. The van der Waals surface area contributed by atoms with Gasteiger partial charge in [-0.3, -0.25) is 5.32 Å². The Morgan fingerprint density at radius 2 is 1.89 bits per heavy atom. The van der Waals surface area contributed by atoms with Gasteiger partial charge in [-0.15, -0.1) is 0 Å². The quantitative estimate of drug-likeness (QED) is 0.714. The first kappa shape index (κ1) is 14.8. The van der Waals surface area contributed by atoms with Gasteiger partial charge in [0.05, 0.1) is 5.56 Å². The van der Waals surface area contributed by atoms with Gasteiger partial charge in [0.25, 0.3) is 0 Å². The summed E-state index contributed by atoms with van der Waals surface area (Å²) in [6, 6.07) is 2.84.